The van der Waals surface area contributed by atoms with E-state index in [0.29, 0.717) is 17.5 Å². The largest absolute Gasteiger partial charge is 0.208 e. The van der Waals surface area contributed by atoms with Crippen molar-refractivity contribution in [1.29, 1.82) is 0 Å². The Morgan fingerprint density at radius 2 is 0.302 bits per heavy atom. The van der Waals surface area contributed by atoms with E-state index in [0.717, 1.165) is 83.3 Å². The minimum atomic E-state index is 0.586. The molecule has 0 aliphatic carbocycles. The lowest BCUT2D eigenvalue weighted by atomic mass is 9.84. The van der Waals surface area contributed by atoms with Gasteiger partial charge in [0, 0.05) is 16.7 Å². The van der Waals surface area contributed by atoms with Crippen LogP contribution >= 0.6 is 0 Å². The highest BCUT2D eigenvalue weighted by atomic mass is 15.0. The summed E-state index contributed by atoms with van der Waals surface area (Å²) in [5.74, 6) is 1.77. The molecule has 0 radical (unpaired) electrons. The molecule has 0 spiro atoms. The molecule has 1 aromatic heterocycles. The standard InChI is InChI=1S/C103H67N3/c1-6-26-68(27-7-1)72-50-54-75(55-51-72)98-91-46-18-21-49-94(91)100(82-40-23-39-80(61-82)88-65-86(71-32-12-4-13-33-71)64-87(66-88)79-38-22-36-77(60-79)69-28-8-2-9-29-69)96-67-81(58-59-95(96)98)73-52-56-76(57-53-73)101-104-102(84-42-24-37-78(62-84)70-30-10-3-11-31-70)106-103(105-101)85-43-25-41-83(63-85)99-92-47-19-16-44-89(92)97(74-34-14-5-15-35-74)90-45-17-20-48-93(90)99/h1-67H. The highest BCUT2D eigenvalue weighted by Crippen LogP contribution is 2.48. The fourth-order valence-electron chi connectivity index (χ4n) is 15.8. The van der Waals surface area contributed by atoms with Crippen LogP contribution in [0.25, 0.3) is 200 Å². The Hall–Kier alpha value is -14.0. The number of nitrogens with zero attached hydrogens (tertiary/aromatic N) is 3. The average Bonchev–Trinajstić information content (AvgIpc) is 0.776. The van der Waals surface area contributed by atoms with Crippen LogP contribution in [0.4, 0.5) is 0 Å². The summed E-state index contributed by atoms with van der Waals surface area (Å²) < 4.78 is 0. The molecule has 3 heteroatoms. The number of rotatable bonds is 14. The van der Waals surface area contributed by atoms with Gasteiger partial charge in [-0.05, 0) is 214 Å². The van der Waals surface area contributed by atoms with E-state index in [1.165, 1.54) is 98.9 Å². The molecule has 0 bridgehead atoms. The zero-order valence-corrected chi connectivity index (χ0v) is 58.0. The van der Waals surface area contributed by atoms with Crippen molar-refractivity contribution in [2.24, 2.45) is 0 Å². The molecule has 0 N–H and O–H groups in total. The first-order valence-corrected chi connectivity index (χ1v) is 36.3. The minimum absolute atomic E-state index is 0.586. The van der Waals surface area contributed by atoms with Crippen LogP contribution < -0.4 is 0 Å². The maximum absolute atomic E-state index is 5.43. The van der Waals surface area contributed by atoms with Crippen LogP contribution in [0, 0.1) is 0 Å². The van der Waals surface area contributed by atoms with Crippen LogP contribution in [0.5, 0.6) is 0 Å². The Balaban J connectivity index is 0.752. The third-order valence-corrected chi connectivity index (χ3v) is 20.9. The van der Waals surface area contributed by atoms with Gasteiger partial charge in [0.2, 0.25) is 0 Å². The molecular formula is C103H67N3. The molecule has 0 saturated heterocycles. The number of fused-ring (bicyclic) bond motifs is 4. The van der Waals surface area contributed by atoms with Crippen molar-refractivity contribution in [3.8, 4) is 157 Å². The Kier molecular flexibility index (Phi) is 16.3. The molecule has 19 rings (SSSR count). The Bertz CT molecular complexity index is 6460. The fraction of sp³-hybridized carbons (Fsp3) is 0. The maximum Gasteiger partial charge on any atom is 0.164 e. The molecular weight excluding hydrogens is 1280 g/mol. The van der Waals surface area contributed by atoms with E-state index < -0.39 is 0 Å². The van der Waals surface area contributed by atoms with E-state index in [1.54, 1.807) is 0 Å². The second-order valence-corrected chi connectivity index (χ2v) is 27.3. The van der Waals surface area contributed by atoms with Gasteiger partial charge in [-0.3, -0.25) is 0 Å². The third-order valence-electron chi connectivity index (χ3n) is 20.9. The van der Waals surface area contributed by atoms with Crippen LogP contribution in [0.1, 0.15) is 0 Å². The molecule has 19 aromatic rings. The van der Waals surface area contributed by atoms with Crippen molar-refractivity contribution in [3.05, 3.63) is 406 Å². The summed E-state index contributed by atoms with van der Waals surface area (Å²) in [5.41, 5.74) is 28.1. The van der Waals surface area contributed by atoms with Crippen molar-refractivity contribution in [1.82, 2.24) is 15.0 Å². The van der Waals surface area contributed by atoms with Crippen molar-refractivity contribution < 1.29 is 0 Å². The molecule has 106 heavy (non-hydrogen) atoms. The zero-order valence-electron chi connectivity index (χ0n) is 58.0. The number of aromatic nitrogens is 3. The zero-order chi connectivity index (χ0) is 70.3. The summed E-state index contributed by atoms with van der Waals surface area (Å²) in [5, 5.41) is 9.49. The quantitative estimate of drug-likeness (QED) is 0.102. The average molecular weight is 1350 g/mol. The summed E-state index contributed by atoms with van der Waals surface area (Å²) >= 11 is 0. The molecule has 3 nitrogen and oxygen atoms in total. The topological polar surface area (TPSA) is 38.7 Å². The van der Waals surface area contributed by atoms with E-state index >= 15 is 0 Å². The SMILES string of the molecule is c1ccc(-c2ccc(-c3c4ccccc4c(-c4cccc(-c5cc(-c6ccccc6)cc(-c6cccc(-c7ccccc7)c6)c5)c4)c4cc(-c5ccc(-c6nc(-c7cccc(-c8ccccc8)c7)nc(-c7cccc(-c8c9ccccc9c(-c9ccccc9)c9ccccc89)c7)n6)cc5)ccc34)cc2)cc1. The third kappa shape index (κ3) is 12.0. The first-order chi connectivity index (χ1) is 52.5. The van der Waals surface area contributed by atoms with E-state index in [1.807, 2.05) is 0 Å². The van der Waals surface area contributed by atoms with Gasteiger partial charge in [-0.25, -0.2) is 15.0 Å². The molecule has 1 heterocycles. The van der Waals surface area contributed by atoms with Gasteiger partial charge in [-0.15, -0.1) is 0 Å². The second-order valence-electron chi connectivity index (χ2n) is 27.3. The minimum Gasteiger partial charge on any atom is -0.208 e. The second kappa shape index (κ2) is 27.4. The summed E-state index contributed by atoms with van der Waals surface area (Å²) in [4.78, 5) is 16.2. The molecule has 0 aliphatic heterocycles. The predicted molar refractivity (Wildman–Crippen MR) is 446 cm³/mol. The Morgan fingerprint density at radius 3 is 0.726 bits per heavy atom. The molecule has 0 saturated carbocycles. The highest BCUT2D eigenvalue weighted by molar-refractivity contribution is 6.23. The molecule has 0 amide bonds. The number of benzene rings is 18. The maximum atomic E-state index is 5.43. The monoisotopic (exact) mass is 1350 g/mol. The van der Waals surface area contributed by atoms with Crippen molar-refractivity contribution in [2.45, 2.75) is 0 Å². The molecule has 0 atom stereocenters. The van der Waals surface area contributed by atoms with E-state index in [2.05, 4.69) is 406 Å². The summed E-state index contributed by atoms with van der Waals surface area (Å²) in [7, 11) is 0. The van der Waals surface area contributed by atoms with Gasteiger partial charge in [-0.2, -0.15) is 0 Å². The first-order valence-electron chi connectivity index (χ1n) is 36.3. The van der Waals surface area contributed by atoms with E-state index in [4.69, 9.17) is 15.0 Å². The number of hydrogen-bond donors (Lipinski definition) is 0. The fourth-order valence-corrected chi connectivity index (χ4v) is 15.8. The Labute approximate surface area is 617 Å². The van der Waals surface area contributed by atoms with E-state index in [9.17, 15) is 0 Å². The van der Waals surface area contributed by atoms with Crippen LogP contribution in [0.3, 0.4) is 0 Å². The van der Waals surface area contributed by atoms with Gasteiger partial charge >= 0.3 is 0 Å². The van der Waals surface area contributed by atoms with Gasteiger partial charge in [0.1, 0.15) is 0 Å². The van der Waals surface area contributed by atoms with Gasteiger partial charge in [0.15, 0.2) is 17.5 Å². The summed E-state index contributed by atoms with van der Waals surface area (Å²) in [6, 6.07) is 147. The lowest BCUT2D eigenvalue weighted by molar-refractivity contribution is 1.07. The van der Waals surface area contributed by atoms with Crippen molar-refractivity contribution >= 4 is 43.1 Å². The van der Waals surface area contributed by atoms with Crippen LogP contribution in [0.2, 0.25) is 0 Å². The Morgan fingerprint density at radius 1 is 0.104 bits per heavy atom. The molecule has 494 valence electrons. The smallest absolute Gasteiger partial charge is 0.164 e. The molecule has 0 fully saturated rings. The van der Waals surface area contributed by atoms with Gasteiger partial charge in [-0.1, -0.05) is 358 Å². The lowest BCUT2D eigenvalue weighted by Gasteiger charge is -2.20. The van der Waals surface area contributed by atoms with Crippen molar-refractivity contribution in [2.75, 3.05) is 0 Å². The summed E-state index contributed by atoms with van der Waals surface area (Å²) in [6.07, 6.45) is 0. The predicted octanol–water partition coefficient (Wildman–Crippen LogP) is 27.8. The van der Waals surface area contributed by atoms with Crippen LogP contribution in [-0.2, 0) is 0 Å². The van der Waals surface area contributed by atoms with Gasteiger partial charge in [0.05, 0.1) is 0 Å². The molecule has 0 aliphatic rings. The normalized spacial score (nSPS) is 11.4. The van der Waals surface area contributed by atoms with Gasteiger partial charge in [0.25, 0.3) is 0 Å². The lowest BCUT2D eigenvalue weighted by Crippen LogP contribution is -2.00. The van der Waals surface area contributed by atoms with Crippen LogP contribution in [0.15, 0.2) is 406 Å². The van der Waals surface area contributed by atoms with Crippen LogP contribution in [-0.4, -0.2) is 15.0 Å². The summed E-state index contributed by atoms with van der Waals surface area (Å²) in [6.45, 7) is 0. The van der Waals surface area contributed by atoms with Crippen molar-refractivity contribution in [3.63, 3.8) is 0 Å². The molecule has 18 aromatic carbocycles. The number of hydrogen-bond acceptors (Lipinski definition) is 3. The van der Waals surface area contributed by atoms with E-state index in [-0.39, 0.29) is 0 Å². The van der Waals surface area contributed by atoms with Gasteiger partial charge < -0.3 is 0 Å². The highest BCUT2D eigenvalue weighted by Gasteiger charge is 2.23. The first kappa shape index (κ1) is 63.0. The molecule has 0 unspecified atom stereocenters.